The number of piperazine rings is 1. The van der Waals surface area contributed by atoms with Crippen LogP contribution in [0.1, 0.15) is 16.8 Å². The number of ether oxygens (including phenoxy) is 2. The molecule has 4 rings (SSSR count). The maximum Gasteiger partial charge on any atom is 0.253 e. The number of carbonyl (C=O) groups excluding carboxylic acids is 2. The zero-order chi connectivity index (χ0) is 20.9. The molecule has 2 heterocycles. The third-order valence-electron chi connectivity index (χ3n) is 5.23. The molecule has 2 amide bonds. The number of halogens is 1. The van der Waals surface area contributed by atoms with Gasteiger partial charge in [-0.3, -0.25) is 14.5 Å². The molecule has 1 saturated heterocycles. The number of anilines is 1. The Morgan fingerprint density at radius 1 is 0.933 bits per heavy atom. The average Bonchev–Trinajstić information content (AvgIpc) is 2.78. The van der Waals surface area contributed by atoms with E-state index in [1.807, 2.05) is 11.0 Å². The molecule has 2 aliphatic rings. The van der Waals surface area contributed by atoms with Crippen molar-refractivity contribution in [2.45, 2.75) is 6.42 Å². The number of hydrogen-bond acceptors (Lipinski definition) is 5. The predicted octanol–water partition coefficient (Wildman–Crippen LogP) is 2.90. The molecule has 2 aliphatic heterocycles. The number of nitrogens with one attached hydrogen (secondary N) is 1. The van der Waals surface area contributed by atoms with Crippen molar-refractivity contribution < 1.29 is 19.1 Å². The van der Waals surface area contributed by atoms with Crippen LogP contribution in [0.4, 0.5) is 5.69 Å². The summed E-state index contributed by atoms with van der Waals surface area (Å²) in [6.45, 7) is 4.48. The Hall–Kier alpha value is -2.77. The zero-order valence-electron chi connectivity index (χ0n) is 16.6. The maximum atomic E-state index is 12.6. The predicted molar refractivity (Wildman–Crippen MR) is 114 cm³/mol. The van der Waals surface area contributed by atoms with E-state index in [9.17, 15) is 9.59 Å². The largest absolute Gasteiger partial charge is 0.486 e. The summed E-state index contributed by atoms with van der Waals surface area (Å²) in [4.78, 5) is 28.9. The lowest BCUT2D eigenvalue weighted by atomic mass is 10.2. The normalized spacial score (nSPS) is 16.2. The van der Waals surface area contributed by atoms with Gasteiger partial charge in [-0.25, -0.2) is 0 Å². The quantitative estimate of drug-likeness (QED) is 0.791. The fraction of sp³-hybridized carbons (Fsp3) is 0.364. The van der Waals surface area contributed by atoms with E-state index in [0.29, 0.717) is 67.0 Å². The maximum absolute atomic E-state index is 12.6. The van der Waals surface area contributed by atoms with Crippen molar-refractivity contribution >= 4 is 29.1 Å². The van der Waals surface area contributed by atoms with Gasteiger partial charge in [0.2, 0.25) is 5.91 Å². The summed E-state index contributed by atoms with van der Waals surface area (Å²) >= 11 is 5.89. The molecule has 0 spiro atoms. The van der Waals surface area contributed by atoms with E-state index in [-0.39, 0.29) is 11.8 Å². The number of carbonyl (C=O) groups is 2. The number of amides is 2. The molecule has 1 N–H and O–H groups in total. The van der Waals surface area contributed by atoms with Gasteiger partial charge >= 0.3 is 0 Å². The van der Waals surface area contributed by atoms with E-state index < -0.39 is 0 Å². The lowest BCUT2D eigenvalue weighted by molar-refractivity contribution is -0.116. The second-order valence-corrected chi connectivity index (χ2v) is 7.73. The fourth-order valence-electron chi connectivity index (χ4n) is 3.55. The fourth-order valence-corrected chi connectivity index (χ4v) is 3.68. The molecule has 2 aromatic carbocycles. The van der Waals surface area contributed by atoms with Crippen LogP contribution in [0.5, 0.6) is 11.5 Å². The number of fused-ring (bicyclic) bond motifs is 1. The van der Waals surface area contributed by atoms with E-state index in [1.54, 1.807) is 36.4 Å². The molecule has 2 aromatic rings. The molecule has 8 heteroatoms. The highest BCUT2D eigenvalue weighted by molar-refractivity contribution is 6.30. The van der Waals surface area contributed by atoms with E-state index in [0.717, 1.165) is 13.1 Å². The van der Waals surface area contributed by atoms with Crippen LogP contribution < -0.4 is 14.8 Å². The van der Waals surface area contributed by atoms with E-state index in [4.69, 9.17) is 21.1 Å². The van der Waals surface area contributed by atoms with Crippen LogP contribution in [0.15, 0.2) is 42.5 Å². The van der Waals surface area contributed by atoms with Crippen molar-refractivity contribution in [1.82, 2.24) is 9.80 Å². The van der Waals surface area contributed by atoms with Gasteiger partial charge in [-0.1, -0.05) is 11.6 Å². The molecule has 30 heavy (non-hydrogen) atoms. The first-order chi connectivity index (χ1) is 14.6. The third-order valence-corrected chi connectivity index (χ3v) is 5.48. The third kappa shape index (κ3) is 5.04. The molecule has 0 radical (unpaired) electrons. The Balaban J connectivity index is 1.21. The minimum Gasteiger partial charge on any atom is -0.486 e. The van der Waals surface area contributed by atoms with Crippen molar-refractivity contribution in [3.63, 3.8) is 0 Å². The number of benzene rings is 2. The summed E-state index contributed by atoms with van der Waals surface area (Å²) in [6, 6.07) is 12.4. The number of rotatable bonds is 5. The van der Waals surface area contributed by atoms with Gasteiger partial charge in [0.05, 0.1) is 0 Å². The molecule has 0 saturated carbocycles. The monoisotopic (exact) mass is 429 g/mol. The van der Waals surface area contributed by atoms with Gasteiger partial charge in [-0.2, -0.15) is 0 Å². The summed E-state index contributed by atoms with van der Waals surface area (Å²) in [5.41, 5.74) is 1.34. The lowest BCUT2D eigenvalue weighted by Gasteiger charge is -2.34. The molecule has 7 nitrogen and oxygen atoms in total. The molecule has 0 aliphatic carbocycles. The minimum atomic E-state index is -0.0497. The smallest absolute Gasteiger partial charge is 0.253 e. The van der Waals surface area contributed by atoms with Crippen molar-refractivity contribution in [3.8, 4) is 11.5 Å². The molecular formula is C22H24ClN3O4. The standard InChI is InChI=1S/C22H24ClN3O4/c23-17-3-1-16(2-4-17)22(28)26-11-9-25(10-12-26)8-7-21(27)24-18-5-6-19-20(15-18)30-14-13-29-19/h1-6,15H,7-14H2,(H,24,27). The average molecular weight is 430 g/mol. The van der Waals surface area contributed by atoms with Crippen molar-refractivity contribution in [3.05, 3.63) is 53.1 Å². The van der Waals surface area contributed by atoms with E-state index in [2.05, 4.69) is 10.2 Å². The van der Waals surface area contributed by atoms with Gasteiger partial charge in [0.1, 0.15) is 13.2 Å². The molecule has 0 atom stereocenters. The van der Waals surface area contributed by atoms with Gasteiger partial charge < -0.3 is 19.7 Å². The van der Waals surface area contributed by atoms with Crippen LogP contribution in [0.25, 0.3) is 0 Å². The zero-order valence-corrected chi connectivity index (χ0v) is 17.4. The van der Waals surface area contributed by atoms with Crippen molar-refractivity contribution in [2.24, 2.45) is 0 Å². The molecule has 1 fully saturated rings. The highest BCUT2D eigenvalue weighted by Crippen LogP contribution is 2.32. The summed E-state index contributed by atoms with van der Waals surface area (Å²) in [5, 5.41) is 3.52. The van der Waals surface area contributed by atoms with Crippen LogP contribution in [-0.2, 0) is 4.79 Å². The Bertz CT molecular complexity index is 911. The van der Waals surface area contributed by atoms with Gasteiger partial charge in [-0.15, -0.1) is 0 Å². The van der Waals surface area contributed by atoms with Crippen LogP contribution in [0.3, 0.4) is 0 Å². The van der Waals surface area contributed by atoms with Crippen LogP contribution >= 0.6 is 11.6 Å². The van der Waals surface area contributed by atoms with E-state index >= 15 is 0 Å². The highest BCUT2D eigenvalue weighted by Gasteiger charge is 2.22. The van der Waals surface area contributed by atoms with E-state index in [1.165, 1.54) is 0 Å². The number of hydrogen-bond donors (Lipinski definition) is 1. The molecule has 0 aromatic heterocycles. The Kier molecular flexibility index (Phi) is 6.40. The molecule has 158 valence electrons. The Morgan fingerprint density at radius 3 is 2.37 bits per heavy atom. The summed E-state index contributed by atoms with van der Waals surface area (Å²) in [6.07, 6.45) is 0.388. The van der Waals surface area contributed by atoms with Crippen molar-refractivity contribution in [1.29, 1.82) is 0 Å². The first-order valence-corrected chi connectivity index (χ1v) is 10.4. The topological polar surface area (TPSA) is 71.1 Å². The summed E-state index contributed by atoms with van der Waals surface area (Å²) in [7, 11) is 0. The Morgan fingerprint density at radius 2 is 1.63 bits per heavy atom. The van der Waals surface area contributed by atoms with Gasteiger partial charge in [0, 0.05) is 61.5 Å². The molecule has 0 bridgehead atoms. The second-order valence-electron chi connectivity index (χ2n) is 7.30. The van der Waals surface area contributed by atoms with Crippen LogP contribution in [-0.4, -0.2) is 67.6 Å². The first kappa shape index (κ1) is 20.5. The lowest BCUT2D eigenvalue weighted by Crippen LogP contribution is -2.49. The summed E-state index contributed by atoms with van der Waals surface area (Å²) in [5.74, 6) is 1.32. The number of nitrogens with zero attached hydrogens (tertiary/aromatic N) is 2. The SMILES string of the molecule is O=C(CCN1CCN(C(=O)c2ccc(Cl)cc2)CC1)Nc1ccc2c(c1)OCCO2. The van der Waals surface area contributed by atoms with Crippen LogP contribution in [0, 0.1) is 0 Å². The minimum absolute atomic E-state index is 0.0164. The Labute approximate surface area is 180 Å². The van der Waals surface area contributed by atoms with Gasteiger partial charge in [-0.05, 0) is 36.4 Å². The highest BCUT2D eigenvalue weighted by atomic mass is 35.5. The van der Waals surface area contributed by atoms with Crippen LogP contribution in [0.2, 0.25) is 5.02 Å². The first-order valence-electron chi connectivity index (χ1n) is 10.1. The summed E-state index contributed by atoms with van der Waals surface area (Å²) < 4.78 is 11.0. The molecular weight excluding hydrogens is 406 g/mol. The van der Waals surface area contributed by atoms with Crippen molar-refractivity contribution in [2.75, 3.05) is 51.3 Å². The van der Waals surface area contributed by atoms with Gasteiger partial charge in [0.25, 0.3) is 5.91 Å². The second kappa shape index (κ2) is 9.36. The molecule has 0 unspecified atom stereocenters. The van der Waals surface area contributed by atoms with Gasteiger partial charge in [0.15, 0.2) is 11.5 Å².